The van der Waals surface area contributed by atoms with Crippen molar-refractivity contribution in [2.24, 2.45) is 0 Å². The van der Waals surface area contributed by atoms with Crippen LogP contribution in [-0.4, -0.2) is 23.1 Å². The van der Waals surface area contributed by atoms with Gasteiger partial charge in [-0.2, -0.15) is 8.42 Å². The predicted octanol–water partition coefficient (Wildman–Crippen LogP) is 2.47. The Morgan fingerprint density at radius 2 is 1.45 bits per heavy atom. The number of sulfone groups is 1. The van der Waals surface area contributed by atoms with Gasteiger partial charge in [-0.25, -0.2) is 8.42 Å². The minimum Gasteiger partial charge on any atom is -0.379 e. The average molecular weight is 340 g/mol. The van der Waals surface area contributed by atoms with E-state index in [1.54, 1.807) is 19.1 Å². The van der Waals surface area contributed by atoms with Crippen LogP contribution < -0.4 is 4.18 Å². The molecule has 2 rings (SSSR count). The maximum Gasteiger partial charge on any atom is 0.339 e. The van der Waals surface area contributed by atoms with Crippen LogP contribution in [0.3, 0.4) is 0 Å². The Morgan fingerprint density at radius 1 is 0.864 bits per heavy atom. The van der Waals surface area contributed by atoms with Gasteiger partial charge in [0.1, 0.15) is 10.6 Å². The van der Waals surface area contributed by atoms with Crippen molar-refractivity contribution in [3.05, 3.63) is 53.6 Å². The summed E-state index contributed by atoms with van der Waals surface area (Å²) in [5, 5.41) is 0. The number of benzene rings is 2. The molecule has 0 spiro atoms. The summed E-state index contributed by atoms with van der Waals surface area (Å²) in [7, 11) is -7.59. The van der Waals surface area contributed by atoms with Gasteiger partial charge in [-0.1, -0.05) is 18.2 Å². The Morgan fingerprint density at radius 3 is 2.09 bits per heavy atom. The van der Waals surface area contributed by atoms with Crippen molar-refractivity contribution in [2.75, 3.05) is 6.26 Å². The lowest BCUT2D eigenvalue weighted by Gasteiger charge is -2.11. The van der Waals surface area contributed by atoms with Gasteiger partial charge in [0.05, 0.1) is 4.90 Å². The maximum atomic E-state index is 12.3. The van der Waals surface area contributed by atoms with E-state index in [0.29, 0.717) is 5.56 Å². The molecule has 22 heavy (non-hydrogen) atoms. The van der Waals surface area contributed by atoms with Gasteiger partial charge < -0.3 is 4.18 Å². The number of aryl methyl sites for hydroxylation is 1. The summed E-state index contributed by atoms with van der Waals surface area (Å²) in [6.07, 6.45) is 1.02. The molecule has 0 heterocycles. The van der Waals surface area contributed by atoms with Gasteiger partial charge in [0, 0.05) is 6.26 Å². The lowest BCUT2D eigenvalue weighted by molar-refractivity contribution is 0.483. The fourth-order valence-electron chi connectivity index (χ4n) is 1.84. The highest BCUT2D eigenvalue weighted by molar-refractivity contribution is 7.90. The van der Waals surface area contributed by atoms with E-state index in [4.69, 9.17) is 4.18 Å². The first-order valence-electron chi connectivity index (χ1n) is 6.42. The molecule has 2 aromatic carbocycles. The molecule has 0 atom stereocenters. The molecule has 0 aliphatic heterocycles. The van der Waals surface area contributed by atoms with E-state index < -0.39 is 20.0 Å². The molecule has 0 aliphatic carbocycles. The second kappa shape index (κ2) is 5.73. The second-order valence-corrected chi connectivity index (χ2v) is 8.54. The Kier molecular flexibility index (Phi) is 4.30. The van der Waals surface area contributed by atoms with Crippen LogP contribution in [0, 0.1) is 13.8 Å². The van der Waals surface area contributed by atoms with Crippen LogP contribution in [0.5, 0.6) is 5.75 Å². The molecule has 0 aromatic heterocycles. The van der Waals surface area contributed by atoms with Crippen LogP contribution in [0.1, 0.15) is 11.1 Å². The first-order chi connectivity index (χ1) is 10.1. The van der Waals surface area contributed by atoms with Crippen molar-refractivity contribution in [3.8, 4) is 5.75 Å². The summed E-state index contributed by atoms with van der Waals surface area (Å²) in [4.78, 5) is -0.269. The fraction of sp³-hybridized carbons (Fsp3) is 0.200. The van der Waals surface area contributed by atoms with Gasteiger partial charge in [-0.15, -0.1) is 0 Å². The number of hydrogen-bond acceptors (Lipinski definition) is 5. The molecule has 5 nitrogen and oxygen atoms in total. The SMILES string of the molecule is Cc1cccc(OS(=O)(=O)c2cccc(S(C)(=O)=O)c2)c1C. The average Bonchev–Trinajstić information content (AvgIpc) is 2.43. The predicted molar refractivity (Wildman–Crippen MR) is 83.3 cm³/mol. The van der Waals surface area contributed by atoms with Crippen molar-refractivity contribution >= 4 is 20.0 Å². The standard InChI is InChI=1S/C15H16O5S2/c1-11-6-4-9-15(12(11)2)20-22(18,19)14-8-5-7-13(10-14)21(3,16)17/h4-10H,1-3H3. The highest BCUT2D eigenvalue weighted by Gasteiger charge is 2.20. The van der Waals surface area contributed by atoms with E-state index in [1.807, 2.05) is 13.0 Å². The second-order valence-electron chi connectivity index (χ2n) is 4.98. The quantitative estimate of drug-likeness (QED) is 0.799. The summed E-state index contributed by atoms with van der Waals surface area (Å²) in [5.74, 6) is 0.227. The molecular formula is C15H16O5S2. The molecule has 0 amide bonds. The molecule has 0 bridgehead atoms. The molecule has 0 saturated carbocycles. The Hall–Kier alpha value is -1.86. The third-order valence-electron chi connectivity index (χ3n) is 3.28. The van der Waals surface area contributed by atoms with E-state index >= 15 is 0 Å². The zero-order valence-corrected chi connectivity index (χ0v) is 14.0. The van der Waals surface area contributed by atoms with Crippen LogP contribution in [0.2, 0.25) is 0 Å². The molecule has 0 aliphatic rings. The Bertz CT molecular complexity index is 913. The topological polar surface area (TPSA) is 77.5 Å². The minimum atomic E-state index is -4.10. The van der Waals surface area contributed by atoms with E-state index in [0.717, 1.165) is 17.9 Å². The van der Waals surface area contributed by atoms with Crippen LogP contribution in [-0.2, 0) is 20.0 Å². The van der Waals surface area contributed by atoms with E-state index in [1.165, 1.54) is 18.2 Å². The van der Waals surface area contributed by atoms with Crippen LogP contribution >= 0.6 is 0 Å². The molecule has 0 unspecified atom stereocenters. The third kappa shape index (κ3) is 3.48. The smallest absolute Gasteiger partial charge is 0.339 e. The van der Waals surface area contributed by atoms with Crippen LogP contribution in [0.15, 0.2) is 52.3 Å². The molecule has 2 aromatic rings. The van der Waals surface area contributed by atoms with Gasteiger partial charge >= 0.3 is 10.1 Å². The van der Waals surface area contributed by atoms with Crippen molar-refractivity contribution in [2.45, 2.75) is 23.6 Å². The summed E-state index contributed by atoms with van der Waals surface area (Å²) in [5.41, 5.74) is 1.61. The van der Waals surface area contributed by atoms with Crippen molar-refractivity contribution < 1.29 is 21.0 Å². The van der Waals surface area contributed by atoms with Gasteiger partial charge in [0.2, 0.25) is 0 Å². The maximum absolute atomic E-state index is 12.3. The zero-order valence-electron chi connectivity index (χ0n) is 12.4. The highest BCUT2D eigenvalue weighted by Crippen LogP contribution is 2.25. The molecule has 0 radical (unpaired) electrons. The van der Waals surface area contributed by atoms with Crippen molar-refractivity contribution in [3.63, 3.8) is 0 Å². The molecular weight excluding hydrogens is 324 g/mol. The number of rotatable bonds is 4. The van der Waals surface area contributed by atoms with E-state index in [-0.39, 0.29) is 15.5 Å². The van der Waals surface area contributed by atoms with Gasteiger partial charge in [0.15, 0.2) is 9.84 Å². The molecule has 0 N–H and O–H groups in total. The molecule has 7 heteroatoms. The van der Waals surface area contributed by atoms with Gasteiger partial charge in [-0.3, -0.25) is 0 Å². The van der Waals surface area contributed by atoms with Gasteiger partial charge in [-0.05, 0) is 49.2 Å². The summed E-state index contributed by atoms with van der Waals surface area (Å²) < 4.78 is 52.9. The normalized spacial score (nSPS) is 12.1. The summed E-state index contributed by atoms with van der Waals surface area (Å²) >= 11 is 0. The molecule has 0 fully saturated rings. The monoisotopic (exact) mass is 340 g/mol. The van der Waals surface area contributed by atoms with E-state index in [2.05, 4.69) is 0 Å². The fourth-order valence-corrected chi connectivity index (χ4v) is 3.61. The van der Waals surface area contributed by atoms with Crippen LogP contribution in [0.4, 0.5) is 0 Å². The van der Waals surface area contributed by atoms with E-state index in [9.17, 15) is 16.8 Å². The van der Waals surface area contributed by atoms with Crippen LogP contribution in [0.25, 0.3) is 0 Å². The van der Waals surface area contributed by atoms with Crippen molar-refractivity contribution in [1.29, 1.82) is 0 Å². The Labute approximate surface area is 130 Å². The first-order valence-corrected chi connectivity index (χ1v) is 9.72. The zero-order chi connectivity index (χ0) is 16.5. The highest BCUT2D eigenvalue weighted by atomic mass is 32.2. The summed E-state index contributed by atoms with van der Waals surface area (Å²) in [6.45, 7) is 3.60. The largest absolute Gasteiger partial charge is 0.379 e. The summed E-state index contributed by atoms with van der Waals surface area (Å²) in [6, 6.07) is 10.2. The third-order valence-corrected chi connectivity index (χ3v) is 5.62. The first kappa shape index (κ1) is 16.5. The Balaban J connectivity index is 2.46. The van der Waals surface area contributed by atoms with Crippen molar-refractivity contribution in [1.82, 2.24) is 0 Å². The molecule has 0 saturated heterocycles. The lowest BCUT2D eigenvalue weighted by Crippen LogP contribution is -2.11. The minimum absolute atomic E-state index is 0.0712. The molecule has 118 valence electrons. The number of hydrogen-bond donors (Lipinski definition) is 0. The lowest BCUT2D eigenvalue weighted by atomic mass is 10.1. The van der Waals surface area contributed by atoms with Gasteiger partial charge in [0.25, 0.3) is 0 Å².